The second-order valence-corrected chi connectivity index (χ2v) is 7.32. The first-order valence-electron chi connectivity index (χ1n) is 7.73. The third-order valence-corrected chi connectivity index (χ3v) is 5.89. The monoisotopic (exact) mass is 305 g/mol. The number of rotatable bonds is 4. The molecule has 3 unspecified atom stereocenters. The molecular weight excluding hydrogens is 282 g/mol. The van der Waals surface area contributed by atoms with Crippen LogP contribution in [-0.2, 0) is 9.53 Å². The van der Waals surface area contributed by atoms with E-state index in [4.69, 9.17) is 10.5 Å². The molecule has 0 amide bonds. The van der Waals surface area contributed by atoms with Crippen molar-refractivity contribution in [3.05, 3.63) is 35.9 Å². The fourth-order valence-electron chi connectivity index (χ4n) is 3.37. The SMILES string of the molecule is NC(CC(=O)C1CCOC2(CCSC2)C1)c1ccccc1. The molecule has 1 aromatic carbocycles. The molecule has 2 N–H and O–H groups in total. The average molecular weight is 305 g/mol. The van der Waals surface area contributed by atoms with E-state index < -0.39 is 0 Å². The molecule has 3 atom stereocenters. The van der Waals surface area contributed by atoms with Gasteiger partial charge in [0.2, 0.25) is 0 Å². The Morgan fingerprint density at radius 2 is 2.24 bits per heavy atom. The Morgan fingerprint density at radius 3 is 2.95 bits per heavy atom. The highest BCUT2D eigenvalue weighted by Gasteiger charge is 2.42. The highest BCUT2D eigenvalue weighted by molar-refractivity contribution is 7.99. The van der Waals surface area contributed by atoms with Gasteiger partial charge >= 0.3 is 0 Å². The summed E-state index contributed by atoms with van der Waals surface area (Å²) in [5.74, 6) is 2.64. The fraction of sp³-hybridized carbons (Fsp3) is 0.588. The number of hydrogen-bond donors (Lipinski definition) is 1. The minimum Gasteiger partial charge on any atom is -0.374 e. The van der Waals surface area contributed by atoms with E-state index in [1.807, 2.05) is 42.1 Å². The lowest BCUT2D eigenvalue weighted by atomic mass is 9.81. The van der Waals surface area contributed by atoms with Crippen LogP contribution in [0.3, 0.4) is 0 Å². The maximum atomic E-state index is 12.6. The van der Waals surface area contributed by atoms with E-state index in [0.29, 0.717) is 12.2 Å². The van der Waals surface area contributed by atoms with Crippen LogP contribution in [0.4, 0.5) is 0 Å². The molecule has 4 heteroatoms. The maximum absolute atomic E-state index is 12.6. The summed E-state index contributed by atoms with van der Waals surface area (Å²) < 4.78 is 5.99. The van der Waals surface area contributed by atoms with E-state index in [1.165, 1.54) is 0 Å². The van der Waals surface area contributed by atoms with Gasteiger partial charge in [-0.25, -0.2) is 0 Å². The van der Waals surface area contributed by atoms with Gasteiger partial charge in [-0.05, 0) is 30.6 Å². The van der Waals surface area contributed by atoms with Gasteiger partial charge in [0.15, 0.2) is 0 Å². The molecule has 114 valence electrons. The zero-order valence-electron chi connectivity index (χ0n) is 12.3. The maximum Gasteiger partial charge on any atom is 0.138 e. The van der Waals surface area contributed by atoms with E-state index in [-0.39, 0.29) is 17.6 Å². The quantitative estimate of drug-likeness (QED) is 0.929. The van der Waals surface area contributed by atoms with Gasteiger partial charge in [-0.3, -0.25) is 4.79 Å². The van der Waals surface area contributed by atoms with E-state index in [0.717, 1.165) is 42.9 Å². The van der Waals surface area contributed by atoms with Crippen LogP contribution in [0.25, 0.3) is 0 Å². The number of nitrogens with two attached hydrogens (primary N) is 1. The Hall–Kier alpha value is -0.840. The zero-order chi connectivity index (χ0) is 14.7. The Kier molecular flexibility index (Phi) is 4.67. The molecule has 0 radical (unpaired) electrons. The summed E-state index contributed by atoms with van der Waals surface area (Å²) in [7, 11) is 0. The van der Waals surface area contributed by atoms with Crippen molar-refractivity contribution in [3.8, 4) is 0 Å². The summed E-state index contributed by atoms with van der Waals surface area (Å²) >= 11 is 1.94. The lowest BCUT2D eigenvalue weighted by molar-refractivity contribution is -0.134. The number of benzene rings is 1. The van der Waals surface area contributed by atoms with Crippen LogP contribution < -0.4 is 5.73 Å². The van der Waals surface area contributed by atoms with Crippen molar-refractivity contribution in [2.24, 2.45) is 11.7 Å². The van der Waals surface area contributed by atoms with E-state index in [1.54, 1.807) is 0 Å². The van der Waals surface area contributed by atoms with Crippen LogP contribution in [0, 0.1) is 5.92 Å². The van der Waals surface area contributed by atoms with E-state index in [9.17, 15) is 4.79 Å². The summed E-state index contributed by atoms with van der Waals surface area (Å²) in [4.78, 5) is 12.6. The van der Waals surface area contributed by atoms with Gasteiger partial charge in [-0.2, -0.15) is 11.8 Å². The molecular formula is C17H23NO2S. The molecule has 0 saturated carbocycles. The van der Waals surface area contributed by atoms with Crippen molar-refractivity contribution in [2.75, 3.05) is 18.1 Å². The number of carbonyl (C=O) groups is 1. The highest BCUT2D eigenvalue weighted by atomic mass is 32.2. The third-order valence-electron chi connectivity index (χ3n) is 4.66. The highest BCUT2D eigenvalue weighted by Crippen LogP contribution is 2.41. The second-order valence-electron chi connectivity index (χ2n) is 6.21. The molecule has 0 aliphatic carbocycles. The Morgan fingerprint density at radius 1 is 1.43 bits per heavy atom. The number of thioether (sulfide) groups is 1. The van der Waals surface area contributed by atoms with Gasteiger partial charge in [0.05, 0.1) is 5.60 Å². The number of ketones is 1. The number of ether oxygens (including phenoxy) is 1. The van der Waals surface area contributed by atoms with Gasteiger partial charge in [0.1, 0.15) is 5.78 Å². The van der Waals surface area contributed by atoms with Gasteiger partial charge in [-0.1, -0.05) is 30.3 Å². The minimum absolute atomic E-state index is 0.0277. The summed E-state index contributed by atoms with van der Waals surface area (Å²) in [6, 6.07) is 9.72. The molecule has 0 aromatic heterocycles. The van der Waals surface area contributed by atoms with Crippen LogP contribution in [0.5, 0.6) is 0 Å². The Balaban J connectivity index is 1.60. The molecule has 2 aliphatic heterocycles. The fourth-order valence-corrected chi connectivity index (χ4v) is 4.75. The third kappa shape index (κ3) is 3.50. The van der Waals surface area contributed by atoms with Crippen molar-refractivity contribution < 1.29 is 9.53 Å². The van der Waals surface area contributed by atoms with Gasteiger partial charge in [-0.15, -0.1) is 0 Å². The van der Waals surface area contributed by atoms with Crippen LogP contribution in [-0.4, -0.2) is 29.5 Å². The van der Waals surface area contributed by atoms with Gasteiger partial charge in [0, 0.05) is 30.7 Å². The summed E-state index contributed by atoms with van der Waals surface area (Å²) in [5, 5.41) is 0. The zero-order valence-corrected chi connectivity index (χ0v) is 13.1. The van der Waals surface area contributed by atoms with Crippen molar-refractivity contribution in [3.63, 3.8) is 0 Å². The van der Waals surface area contributed by atoms with Crippen molar-refractivity contribution >= 4 is 17.5 Å². The molecule has 2 saturated heterocycles. The number of Topliss-reactive ketones (excluding diaryl/α,β-unsaturated/α-hetero) is 1. The second kappa shape index (κ2) is 6.51. The Labute approximate surface area is 130 Å². The lowest BCUT2D eigenvalue weighted by Crippen LogP contribution is -2.42. The standard InChI is InChI=1S/C17H23NO2S/c18-15(13-4-2-1-3-5-13)10-16(19)14-6-8-20-17(11-14)7-9-21-12-17/h1-5,14-15H,6-12,18H2. The van der Waals surface area contributed by atoms with Crippen LogP contribution >= 0.6 is 11.8 Å². The first kappa shape index (κ1) is 15.1. The van der Waals surface area contributed by atoms with Crippen LogP contribution in [0.2, 0.25) is 0 Å². The topological polar surface area (TPSA) is 52.3 Å². The van der Waals surface area contributed by atoms with Crippen molar-refractivity contribution in [1.82, 2.24) is 0 Å². The molecule has 2 aliphatic rings. The first-order valence-corrected chi connectivity index (χ1v) is 8.89. The number of carbonyl (C=O) groups excluding carboxylic acids is 1. The molecule has 2 heterocycles. The molecule has 21 heavy (non-hydrogen) atoms. The molecule has 3 nitrogen and oxygen atoms in total. The van der Waals surface area contributed by atoms with Gasteiger partial charge < -0.3 is 10.5 Å². The Bertz CT molecular complexity index is 485. The van der Waals surface area contributed by atoms with Crippen LogP contribution in [0.1, 0.15) is 37.3 Å². The molecule has 1 spiro atoms. The predicted molar refractivity (Wildman–Crippen MR) is 86.3 cm³/mol. The molecule has 0 bridgehead atoms. The van der Waals surface area contributed by atoms with Gasteiger partial charge in [0.25, 0.3) is 0 Å². The molecule has 2 fully saturated rings. The first-order chi connectivity index (χ1) is 10.2. The normalized spacial score (nSPS) is 30.4. The van der Waals surface area contributed by atoms with E-state index >= 15 is 0 Å². The predicted octanol–water partition coefficient (Wildman–Crippen LogP) is 2.95. The summed E-state index contributed by atoms with van der Waals surface area (Å²) in [6.07, 6.45) is 3.27. The van der Waals surface area contributed by atoms with Crippen molar-refractivity contribution in [1.29, 1.82) is 0 Å². The molecule has 1 aromatic rings. The van der Waals surface area contributed by atoms with E-state index in [2.05, 4.69) is 0 Å². The largest absolute Gasteiger partial charge is 0.374 e. The van der Waals surface area contributed by atoms with Crippen LogP contribution in [0.15, 0.2) is 30.3 Å². The summed E-state index contributed by atoms with van der Waals surface area (Å²) in [6.45, 7) is 0.720. The smallest absolute Gasteiger partial charge is 0.138 e. The lowest BCUT2D eigenvalue weighted by Gasteiger charge is -2.37. The minimum atomic E-state index is -0.185. The summed E-state index contributed by atoms with van der Waals surface area (Å²) in [5.41, 5.74) is 7.21. The molecule has 3 rings (SSSR count). The van der Waals surface area contributed by atoms with Crippen molar-refractivity contribution in [2.45, 2.75) is 37.3 Å². The number of hydrogen-bond acceptors (Lipinski definition) is 4. The average Bonchev–Trinajstić information content (AvgIpc) is 2.96.